The van der Waals surface area contributed by atoms with E-state index in [0.717, 1.165) is 57.3 Å². The van der Waals surface area contributed by atoms with Crippen LogP contribution in [0.15, 0.2) is 0 Å². The summed E-state index contributed by atoms with van der Waals surface area (Å²) in [7, 11) is 0. The van der Waals surface area contributed by atoms with Crippen molar-refractivity contribution in [2.75, 3.05) is 39.4 Å². The van der Waals surface area contributed by atoms with Crippen molar-refractivity contribution in [2.45, 2.75) is 26.2 Å². The first-order chi connectivity index (χ1) is 8.31. The van der Waals surface area contributed by atoms with Gasteiger partial charge in [-0.2, -0.15) is 0 Å². The van der Waals surface area contributed by atoms with Gasteiger partial charge in [0.15, 0.2) is 0 Å². The van der Waals surface area contributed by atoms with Crippen LogP contribution >= 0.6 is 0 Å². The zero-order valence-electron chi connectivity index (χ0n) is 10.8. The van der Waals surface area contributed by atoms with Crippen molar-refractivity contribution in [2.24, 2.45) is 11.8 Å². The Morgan fingerprint density at radius 2 is 1.94 bits per heavy atom. The lowest BCUT2D eigenvalue weighted by Gasteiger charge is -2.20. The average Bonchev–Trinajstić information content (AvgIpc) is 2.68. The Labute approximate surface area is 104 Å². The van der Waals surface area contributed by atoms with E-state index in [4.69, 9.17) is 4.74 Å². The Hall–Kier alpha value is -0.610. The molecular weight excluding hydrogens is 216 g/mol. The van der Waals surface area contributed by atoms with Gasteiger partial charge in [-0.15, -0.1) is 0 Å². The SMILES string of the molecule is CCCOCC(=O)N1CC[C@@H]2CNC[C@@H]2CC1. The smallest absolute Gasteiger partial charge is 0.248 e. The first-order valence-corrected chi connectivity index (χ1v) is 6.87. The van der Waals surface area contributed by atoms with Gasteiger partial charge in [-0.3, -0.25) is 4.79 Å². The fourth-order valence-corrected chi connectivity index (χ4v) is 2.86. The second-order valence-corrected chi connectivity index (χ2v) is 5.19. The summed E-state index contributed by atoms with van der Waals surface area (Å²) in [5.41, 5.74) is 0. The second kappa shape index (κ2) is 6.36. The summed E-state index contributed by atoms with van der Waals surface area (Å²) >= 11 is 0. The number of likely N-dealkylation sites (tertiary alicyclic amines) is 1. The van der Waals surface area contributed by atoms with E-state index in [2.05, 4.69) is 12.2 Å². The van der Waals surface area contributed by atoms with Crippen LogP contribution in [0.2, 0.25) is 0 Å². The van der Waals surface area contributed by atoms with Gasteiger partial charge in [0.1, 0.15) is 6.61 Å². The number of nitrogens with one attached hydrogen (secondary N) is 1. The molecule has 0 radical (unpaired) electrons. The molecule has 0 aliphatic carbocycles. The molecule has 0 spiro atoms. The van der Waals surface area contributed by atoms with Crippen molar-refractivity contribution in [3.8, 4) is 0 Å². The van der Waals surface area contributed by atoms with E-state index in [1.807, 2.05) is 4.90 Å². The zero-order chi connectivity index (χ0) is 12.1. The average molecular weight is 240 g/mol. The topological polar surface area (TPSA) is 41.6 Å². The molecule has 0 aromatic rings. The quantitative estimate of drug-likeness (QED) is 0.741. The third-order valence-electron chi connectivity index (χ3n) is 3.95. The van der Waals surface area contributed by atoms with E-state index >= 15 is 0 Å². The molecule has 2 aliphatic rings. The zero-order valence-corrected chi connectivity index (χ0v) is 10.8. The van der Waals surface area contributed by atoms with Gasteiger partial charge in [-0.25, -0.2) is 0 Å². The summed E-state index contributed by atoms with van der Waals surface area (Å²) < 4.78 is 5.33. The summed E-state index contributed by atoms with van der Waals surface area (Å²) in [5.74, 6) is 1.74. The fraction of sp³-hybridized carbons (Fsp3) is 0.923. The van der Waals surface area contributed by atoms with E-state index in [1.165, 1.54) is 0 Å². The van der Waals surface area contributed by atoms with Crippen molar-refractivity contribution >= 4 is 5.91 Å². The maximum Gasteiger partial charge on any atom is 0.248 e. The number of carbonyl (C=O) groups is 1. The number of ether oxygens (including phenoxy) is 1. The minimum atomic E-state index is 0.173. The number of nitrogens with zero attached hydrogens (tertiary/aromatic N) is 1. The largest absolute Gasteiger partial charge is 0.372 e. The molecule has 1 N–H and O–H groups in total. The Morgan fingerprint density at radius 3 is 2.53 bits per heavy atom. The maximum atomic E-state index is 11.9. The Bertz CT molecular complexity index is 244. The van der Waals surface area contributed by atoms with Crippen LogP contribution in [0.25, 0.3) is 0 Å². The van der Waals surface area contributed by atoms with Crippen LogP contribution in [0, 0.1) is 11.8 Å². The molecule has 4 nitrogen and oxygen atoms in total. The molecular formula is C13H24N2O2. The van der Waals surface area contributed by atoms with Crippen molar-refractivity contribution in [3.05, 3.63) is 0 Å². The van der Waals surface area contributed by atoms with Crippen LogP contribution < -0.4 is 5.32 Å². The molecule has 0 bridgehead atoms. The molecule has 0 saturated carbocycles. The Kier molecular flexibility index (Phi) is 4.80. The van der Waals surface area contributed by atoms with Crippen LogP contribution in [-0.2, 0) is 9.53 Å². The number of hydrogen-bond acceptors (Lipinski definition) is 3. The monoisotopic (exact) mass is 240 g/mol. The van der Waals surface area contributed by atoms with E-state index < -0.39 is 0 Å². The van der Waals surface area contributed by atoms with Crippen molar-refractivity contribution in [1.82, 2.24) is 10.2 Å². The normalized spacial score (nSPS) is 28.9. The van der Waals surface area contributed by atoms with Crippen LogP contribution in [0.5, 0.6) is 0 Å². The van der Waals surface area contributed by atoms with Crippen LogP contribution in [0.1, 0.15) is 26.2 Å². The first-order valence-electron chi connectivity index (χ1n) is 6.87. The molecule has 2 aliphatic heterocycles. The summed E-state index contributed by atoms with van der Waals surface area (Å²) in [6.45, 7) is 7.12. The van der Waals surface area contributed by atoms with Crippen LogP contribution in [0.4, 0.5) is 0 Å². The number of hydrogen-bond donors (Lipinski definition) is 1. The van der Waals surface area contributed by atoms with E-state index in [9.17, 15) is 4.79 Å². The minimum absolute atomic E-state index is 0.173. The molecule has 4 heteroatoms. The summed E-state index contributed by atoms with van der Waals surface area (Å²) in [6.07, 6.45) is 3.28. The maximum absolute atomic E-state index is 11.9. The van der Waals surface area contributed by atoms with Crippen molar-refractivity contribution < 1.29 is 9.53 Å². The minimum Gasteiger partial charge on any atom is -0.372 e. The fourth-order valence-electron chi connectivity index (χ4n) is 2.86. The lowest BCUT2D eigenvalue weighted by molar-refractivity contribution is -0.136. The van der Waals surface area contributed by atoms with Crippen molar-refractivity contribution in [1.29, 1.82) is 0 Å². The number of rotatable bonds is 4. The summed E-state index contributed by atoms with van der Waals surface area (Å²) in [4.78, 5) is 13.9. The lowest BCUT2D eigenvalue weighted by Crippen LogP contribution is -2.35. The van der Waals surface area contributed by atoms with Crippen LogP contribution in [-0.4, -0.2) is 50.2 Å². The second-order valence-electron chi connectivity index (χ2n) is 5.19. The molecule has 1 amide bonds. The molecule has 2 rings (SSSR count). The third-order valence-corrected chi connectivity index (χ3v) is 3.95. The molecule has 0 aromatic carbocycles. The van der Waals surface area contributed by atoms with Gasteiger partial charge in [-0.1, -0.05) is 6.92 Å². The van der Waals surface area contributed by atoms with Gasteiger partial charge in [0.2, 0.25) is 5.91 Å². The predicted molar refractivity (Wildman–Crippen MR) is 66.8 cm³/mol. The molecule has 17 heavy (non-hydrogen) atoms. The van der Waals surface area contributed by atoms with Gasteiger partial charge >= 0.3 is 0 Å². The highest BCUT2D eigenvalue weighted by molar-refractivity contribution is 5.77. The van der Waals surface area contributed by atoms with E-state index in [-0.39, 0.29) is 12.5 Å². The molecule has 0 aromatic heterocycles. The number of fused-ring (bicyclic) bond motifs is 1. The molecule has 0 unspecified atom stereocenters. The molecule has 2 fully saturated rings. The predicted octanol–water partition coefficient (Wildman–Crippen LogP) is 0.871. The molecule has 2 heterocycles. The third kappa shape index (κ3) is 3.42. The first kappa shape index (κ1) is 12.8. The van der Waals surface area contributed by atoms with Gasteiger partial charge in [0.25, 0.3) is 0 Å². The standard InChI is InChI=1S/C13H24N2O2/c1-2-7-17-10-13(16)15-5-3-11-8-14-9-12(11)4-6-15/h11-12,14H,2-10H2,1H3/t11-,12+. The van der Waals surface area contributed by atoms with E-state index in [0.29, 0.717) is 6.61 Å². The van der Waals surface area contributed by atoms with Gasteiger partial charge < -0.3 is 15.0 Å². The van der Waals surface area contributed by atoms with Crippen LogP contribution in [0.3, 0.4) is 0 Å². The van der Waals surface area contributed by atoms with Gasteiger partial charge in [-0.05, 0) is 44.2 Å². The van der Waals surface area contributed by atoms with Gasteiger partial charge in [0.05, 0.1) is 0 Å². The Morgan fingerprint density at radius 1 is 1.29 bits per heavy atom. The number of amides is 1. The highest BCUT2D eigenvalue weighted by Crippen LogP contribution is 2.26. The summed E-state index contributed by atoms with van der Waals surface area (Å²) in [6, 6.07) is 0. The highest BCUT2D eigenvalue weighted by Gasteiger charge is 2.31. The summed E-state index contributed by atoms with van der Waals surface area (Å²) in [5, 5.41) is 3.45. The molecule has 2 saturated heterocycles. The number of carbonyl (C=O) groups excluding carboxylic acids is 1. The molecule has 2 atom stereocenters. The van der Waals surface area contributed by atoms with E-state index in [1.54, 1.807) is 0 Å². The Balaban J connectivity index is 1.76. The molecule has 98 valence electrons. The lowest BCUT2D eigenvalue weighted by atomic mass is 9.92. The van der Waals surface area contributed by atoms with Crippen molar-refractivity contribution in [3.63, 3.8) is 0 Å². The van der Waals surface area contributed by atoms with Gasteiger partial charge in [0, 0.05) is 19.7 Å². The highest BCUT2D eigenvalue weighted by atomic mass is 16.5.